The van der Waals surface area contributed by atoms with Crippen LogP contribution in [-0.2, 0) is 9.57 Å². The summed E-state index contributed by atoms with van der Waals surface area (Å²) in [6, 6.07) is 14.3. The van der Waals surface area contributed by atoms with E-state index in [1.165, 1.54) is 5.56 Å². The van der Waals surface area contributed by atoms with Gasteiger partial charge in [-0.15, -0.1) is 0 Å². The van der Waals surface area contributed by atoms with Crippen LogP contribution in [-0.4, -0.2) is 33.1 Å². The first kappa shape index (κ1) is 19.7. The fourth-order valence-corrected chi connectivity index (χ4v) is 2.82. The van der Waals surface area contributed by atoms with Crippen molar-refractivity contribution in [1.82, 2.24) is 0 Å². The molecule has 0 atom stereocenters. The number of ether oxygens (including phenoxy) is 2. The van der Waals surface area contributed by atoms with Gasteiger partial charge >= 0.3 is 0 Å². The van der Waals surface area contributed by atoms with E-state index in [0.29, 0.717) is 6.61 Å². The van der Waals surface area contributed by atoms with Crippen LogP contribution >= 0.6 is 0 Å². The molecular formula is C22H27NO3. The minimum atomic E-state index is 0.534. The topological polar surface area (TPSA) is 40.0 Å². The van der Waals surface area contributed by atoms with Crippen molar-refractivity contribution in [2.75, 3.05) is 27.4 Å². The Bertz CT molecular complexity index is 766. The Hall–Kier alpha value is -2.59. The fraction of sp³-hybridized carbons (Fsp3) is 0.318. The molecule has 138 valence electrons. The Labute approximate surface area is 156 Å². The normalized spacial score (nSPS) is 13.2. The molecule has 0 spiro atoms. The zero-order chi connectivity index (χ0) is 18.8. The van der Waals surface area contributed by atoms with Crippen LogP contribution in [0.4, 0.5) is 0 Å². The van der Waals surface area contributed by atoms with Gasteiger partial charge in [-0.25, -0.2) is 0 Å². The van der Waals surface area contributed by atoms with E-state index in [1.54, 1.807) is 14.2 Å². The van der Waals surface area contributed by atoms with Crippen molar-refractivity contribution < 1.29 is 14.3 Å². The number of benzene rings is 2. The maximum absolute atomic E-state index is 5.81. The van der Waals surface area contributed by atoms with Crippen molar-refractivity contribution in [3.8, 4) is 16.9 Å². The highest BCUT2D eigenvalue weighted by Crippen LogP contribution is 2.38. The van der Waals surface area contributed by atoms with Crippen molar-refractivity contribution >= 4 is 5.71 Å². The smallest absolute Gasteiger partial charge is 0.120 e. The van der Waals surface area contributed by atoms with E-state index < -0.39 is 0 Å². The molecule has 0 amide bonds. The monoisotopic (exact) mass is 353 g/mol. The highest BCUT2D eigenvalue weighted by molar-refractivity contribution is 6.24. The quantitative estimate of drug-likeness (QED) is 0.338. The summed E-state index contributed by atoms with van der Waals surface area (Å²) in [5.41, 5.74) is 5.31. The van der Waals surface area contributed by atoms with Crippen molar-refractivity contribution in [3.63, 3.8) is 0 Å². The molecule has 1 aliphatic carbocycles. The van der Waals surface area contributed by atoms with E-state index in [0.717, 1.165) is 41.2 Å². The number of rotatable bonds is 7. The molecule has 0 unspecified atom stereocenters. The molecule has 0 fully saturated rings. The second-order valence-electron chi connectivity index (χ2n) is 5.44. The lowest BCUT2D eigenvalue weighted by molar-refractivity contribution is 0.204. The first-order valence-corrected chi connectivity index (χ1v) is 8.97. The van der Waals surface area contributed by atoms with Gasteiger partial charge in [0.15, 0.2) is 0 Å². The van der Waals surface area contributed by atoms with Crippen molar-refractivity contribution in [1.29, 1.82) is 0 Å². The van der Waals surface area contributed by atoms with Gasteiger partial charge in [-0.1, -0.05) is 55.4 Å². The molecule has 4 nitrogen and oxygen atoms in total. The van der Waals surface area contributed by atoms with Gasteiger partial charge in [0, 0.05) is 24.8 Å². The number of nitrogens with zero attached hydrogens (tertiary/aromatic N) is 1. The fourth-order valence-electron chi connectivity index (χ4n) is 2.82. The van der Waals surface area contributed by atoms with Gasteiger partial charge in [-0.2, -0.15) is 0 Å². The summed E-state index contributed by atoms with van der Waals surface area (Å²) in [6.07, 6.45) is 4.96. The zero-order valence-corrected chi connectivity index (χ0v) is 16.0. The molecule has 0 N–H and O–H groups in total. The highest BCUT2D eigenvalue weighted by atomic mass is 16.6. The van der Waals surface area contributed by atoms with Crippen LogP contribution in [0.1, 0.15) is 31.4 Å². The predicted octanol–water partition coefficient (Wildman–Crippen LogP) is 5.06. The van der Waals surface area contributed by atoms with Crippen LogP contribution in [0.15, 0.2) is 59.8 Å². The van der Waals surface area contributed by atoms with Crippen molar-refractivity contribution in [3.05, 3.63) is 65.7 Å². The molecule has 0 saturated carbocycles. The summed E-state index contributed by atoms with van der Waals surface area (Å²) in [6.45, 7) is 5.26. The van der Waals surface area contributed by atoms with Gasteiger partial charge in [-0.3, -0.25) is 0 Å². The van der Waals surface area contributed by atoms with Crippen LogP contribution in [0.5, 0.6) is 5.75 Å². The Balaban J connectivity index is 0.00000117. The molecule has 3 rings (SSSR count). The first-order valence-electron chi connectivity index (χ1n) is 8.97. The van der Waals surface area contributed by atoms with Gasteiger partial charge in [0.2, 0.25) is 0 Å². The standard InChI is InChI=1S/C20H21NO3.C2H6/c1-22-12-6-3-7-13-24-15-10-11-17-16-8-4-5-9-18(16)20(21-23-2)19(17)14-15;1-2/h3-5,7-11,14H,6,12-13H2,1-2H3;1-2H3/b7-3+,21-20-;. The third-order valence-corrected chi connectivity index (χ3v) is 3.90. The highest BCUT2D eigenvalue weighted by Gasteiger charge is 2.25. The first-order chi connectivity index (χ1) is 12.8. The molecule has 0 heterocycles. The minimum Gasteiger partial charge on any atom is -0.490 e. The zero-order valence-electron chi connectivity index (χ0n) is 16.0. The molecule has 0 bridgehead atoms. The number of oxime groups is 1. The molecule has 0 saturated heterocycles. The van der Waals surface area contributed by atoms with Crippen LogP contribution in [0.3, 0.4) is 0 Å². The predicted molar refractivity (Wildman–Crippen MR) is 107 cm³/mol. The van der Waals surface area contributed by atoms with Crippen LogP contribution in [0, 0.1) is 0 Å². The molecule has 0 radical (unpaired) electrons. The number of fused-ring (bicyclic) bond motifs is 3. The van der Waals surface area contributed by atoms with Crippen LogP contribution in [0.2, 0.25) is 0 Å². The van der Waals surface area contributed by atoms with Crippen molar-refractivity contribution in [2.24, 2.45) is 5.16 Å². The van der Waals surface area contributed by atoms with E-state index in [-0.39, 0.29) is 0 Å². The Morgan fingerprint density at radius 2 is 1.62 bits per heavy atom. The van der Waals surface area contributed by atoms with Crippen LogP contribution < -0.4 is 4.74 Å². The van der Waals surface area contributed by atoms with Gasteiger partial charge < -0.3 is 14.3 Å². The lowest BCUT2D eigenvalue weighted by atomic mass is 10.1. The minimum absolute atomic E-state index is 0.534. The Morgan fingerprint density at radius 3 is 2.35 bits per heavy atom. The molecule has 0 aliphatic heterocycles. The van der Waals surface area contributed by atoms with E-state index in [1.807, 2.05) is 44.2 Å². The van der Waals surface area contributed by atoms with E-state index in [2.05, 4.69) is 29.4 Å². The van der Waals surface area contributed by atoms with Gasteiger partial charge in [0.05, 0.1) is 0 Å². The van der Waals surface area contributed by atoms with E-state index in [9.17, 15) is 0 Å². The number of hydrogen-bond acceptors (Lipinski definition) is 4. The van der Waals surface area contributed by atoms with Crippen LogP contribution in [0.25, 0.3) is 11.1 Å². The molecule has 2 aromatic rings. The maximum atomic E-state index is 5.81. The summed E-state index contributed by atoms with van der Waals surface area (Å²) in [7, 11) is 3.27. The van der Waals surface area contributed by atoms with Crippen molar-refractivity contribution in [2.45, 2.75) is 20.3 Å². The number of hydrogen-bond donors (Lipinski definition) is 0. The average Bonchev–Trinajstić information content (AvgIpc) is 3.00. The third-order valence-electron chi connectivity index (χ3n) is 3.90. The van der Waals surface area contributed by atoms with Gasteiger partial charge in [0.25, 0.3) is 0 Å². The summed E-state index contributed by atoms with van der Waals surface area (Å²) in [5.74, 6) is 0.821. The van der Waals surface area contributed by atoms with Gasteiger partial charge in [-0.05, 0) is 35.7 Å². The Kier molecular flexibility index (Phi) is 7.90. The molecule has 1 aliphatic rings. The summed E-state index contributed by atoms with van der Waals surface area (Å²) >= 11 is 0. The second-order valence-corrected chi connectivity index (χ2v) is 5.44. The second kappa shape index (κ2) is 10.4. The molecule has 2 aromatic carbocycles. The average molecular weight is 353 g/mol. The molecular weight excluding hydrogens is 326 g/mol. The lowest BCUT2D eigenvalue weighted by Gasteiger charge is -2.06. The molecule has 4 heteroatoms. The SMILES string of the molecule is CC.COCC/C=C/COc1ccc2c(c1)/C(=N\OC)c1ccccc1-2. The number of methoxy groups -OCH3 is 1. The third kappa shape index (κ3) is 4.52. The van der Waals surface area contributed by atoms with Gasteiger partial charge in [0.1, 0.15) is 25.2 Å². The van der Waals surface area contributed by atoms with E-state index in [4.69, 9.17) is 14.3 Å². The largest absolute Gasteiger partial charge is 0.490 e. The maximum Gasteiger partial charge on any atom is 0.120 e. The Morgan fingerprint density at radius 1 is 0.885 bits per heavy atom. The summed E-state index contributed by atoms with van der Waals surface area (Å²) < 4.78 is 10.8. The molecule has 0 aromatic heterocycles. The summed E-state index contributed by atoms with van der Waals surface area (Å²) in [5, 5.41) is 4.21. The van der Waals surface area contributed by atoms with E-state index >= 15 is 0 Å². The summed E-state index contributed by atoms with van der Waals surface area (Å²) in [4.78, 5) is 5.04. The molecule has 26 heavy (non-hydrogen) atoms. The lowest BCUT2D eigenvalue weighted by Crippen LogP contribution is -2.00.